The molecule has 5 nitrogen and oxygen atoms in total. The highest BCUT2D eigenvalue weighted by molar-refractivity contribution is 7.08. The van der Waals surface area contributed by atoms with Gasteiger partial charge in [0.05, 0.1) is 0 Å². The van der Waals surface area contributed by atoms with Crippen LogP contribution in [-0.4, -0.2) is 22.1 Å². The first kappa shape index (κ1) is 17.7. The lowest BCUT2D eigenvalue weighted by atomic mass is 10.0. The first-order valence-corrected chi connectivity index (χ1v) is 9.13. The molecule has 0 aliphatic rings. The van der Waals surface area contributed by atoms with Crippen LogP contribution in [0, 0.1) is 5.92 Å². The van der Waals surface area contributed by atoms with Crippen LogP contribution in [0.5, 0.6) is 0 Å². The Bertz CT molecular complexity index is 593. The van der Waals surface area contributed by atoms with Crippen LogP contribution in [0.3, 0.4) is 0 Å². The minimum atomic E-state index is 0.0392. The Morgan fingerprint density at radius 1 is 1.35 bits per heavy atom. The van der Waals surface area contributed by atoms with E-state index in [-0.39, 0.29) is 11.9 Å². The zero-order chi connectivity index (χ0) is 16.7. The smallest absolute Gasteiger partial charge is 0.227 e. The maximum absolute atomic E-state index is 12.0. The molecule has 0 aliphatic heterocycles. The fraction of sp³-hybridized carbons (Fsp3) is 0.588. The highest BCUT2D eigenvalue weighted by Crippen LogP contribution is 2.19. The third-order valence-corrected chi connectivity index (χ3v) is 4.32. The van der Waals surface area contributed by atoms with E-state index in [9.17, 15) is 4.79 Å². The van der Waals surface area contributed by atoms with Crippen LogP contribution in [0.2, 0.25) is 0 Å². The van der Waals surface area contributed by atoms with Gasteiger partial charge in [-0.05, 0) is 30.7 Å². The van der Waals surface area contributed by atoms with Crippen LogP contribution in [0.25, 0.3) is 11.4 Å². The summed E-state index contributed by atoms with van der Waals surface area (Å²) in [7, 11) is 0. The fourth-order valence-corrected chi connectivity index (χ4v) is 2.97. The van der Waals surface area contributed by atoms with E-state index >= 15 is 0 Å². The van der Waals surface area contributed by atoms with E-state index in [4.69, 9.17) is 4.52 Å². The fourth-order valence-electron chi connectivity index (χ4n) is 2.34. The van der Waals surface area contributed by atoms with Crippen LogP contribution in [-0.2, 0) is 11.2 Å². The molecule has 2 rings (SSSR count). The average Bonchev–Trinajstić information content (AvgIpc) is 3.15. The van der Waals surface area contributed by atoms with E-state index in [1.807, 2.05) is 16.8 Å². The summed E-state index contributed by atoms with van der Waals surface area (Å²) in [5.41, 5.74) is 0.952. The van der Waals surface area contributed by atoms with Gasteiger partial charge in [-0.3, -0.25) is 4.79 Å². The third-order valence-electron chi connectivity index (χ3n) is 3.64. The van der Waals surface area contributed by atoms with E-state index in [0.717, 1.165) is 18.4 Å². The molecular weight excluding hydrogens is 310 g/mol. The van der Waals surface area contributed by atoms with Crippen LogP contribution in [0.15, 0.2) is 21.3 Å². The van der Waals surface area contributed by atoms with Crippen LogP contribution in [0.4, 0.5) is 0 Å². The van der Waals surface area contributed by atoms with Gasteiger partial charge in [-0.2, -0.15) is 16.3 Å². The van der Waals surface area contributed by atoms with Gasteiger partial charge in [-0.25, -0.2) is 0 Å². The molecule has 1 unspecified atom stereocenters. The summed E-state index contributed by atoms with van der Waals surface area (Å²) in [6.45, 7) is 6.50. The zero-order valence-electron chi connectivity index (χ0n) is 14.0. The number of hydrogen-bond donors (Lipinski definition) is 1. The number of carbonyl (C=O) groups excluding carboxylic acids is 1. The summed E-state index contributed by atoms with van der Waals surface area (Å²) in [6.07, 6.45) is 4.22. The molecule has 23 heavy (non-hydrogen) atoms. The molecule has 0 fully saturated rings. The summed E-state index contributed by atoms with van der Waals surface area (Å²) in [6, 6.07) is 2.16. The van der Waals surface area contributed by atoms with E-state index in [2.05, 4.69) is 36.2 Å². The minimum absolute atomic E-state index is 0.0392. The number of nitrogens with one attached hydrogen (secondary N) is 1. The van der Waals surface area contributed by atoms with Gasteiger partial charge >= 0.3 is 0 Å². The lowest BCUT2D eigenvalue weighted by Crippen LogP contribution is -2.32. The molecule has 2 aromatic heterocycles. The normalized spacial score (nSPS) is 12.5. The van der Waals surface area contributed by atoms with Gasteiger partial charge in [0.1, 0.15) is 0 Å². The quantitative estimate of drug-likeness (QED) is 0.750. The largest absolute Gasteiger partial charge is 0.354 e. The van der Waals surface area contributed by atoms with Crippen molar-refractivity contribution >= 4 is 17.2 Å². The van der Waals surface area contributed by atoms with E-state index in [1.54, 1.807) is 11.3 Å². The standard InChI is InChI=1S/C17H25N3O2S/c1-12(2)5-4-6-13(3)18-15(21)7-8-16-19-17(20-22-16)14-9-10-23-11-14/h9-13H,4-8H2,1-3H3,(H,18,21). The van der Waals surface area contributed by atoms with E-state index in [0.29, 0.717) is 30.5 Å². The lowest BCUT2D eigenvalue weighted by molar-refractivity contribution is -0.121. The monoisotopic (exact) mass is 335 g/mol. The Labute approximate surface area is 141 Å². The molecule has 0 radical (unpaired) electrons. The van der Waals surface area contributed by atoms with Gasteiger partial charge in [0.2, 0.25) is 17.6 Å². The predicted molar refractivity (Wildman–Crippen MR) is 92.2 cm³/mol. The summed E-state index contributed by atoms with van der Waals surface area (Å²) in [4.78, 5) is 16.3. The predicted octanol–water partition coefficient (Wildman–Crippen LogP) is 4.06. The molecule has 0 saturated carbocycles. The average molecular weight is 335 g/mol. The topological polar surface area (TPSA) is 68.0 Å². The number of nitrogens with zero attached hydrogens (tertiary/aromatic N) is 2. The highest BCUT2D eigenvalue weighted by Gasteiger charge is 2.12. The van der Waals surface area contributed by atoms with Crippen molar-refractivity contribution < 1.29 is 9.32 Å². The number of thiophene rings is 1. The number of aromatic nitrogens is 2. The number of rotatable bonds is 9. The Balaban J connectivity index is 1.70. The molecule has 2 aromatic rings. The van der Waals surface area contributed by atoms with Gasteiger partial charge in [0, 0.05) is 29.8 Å². The van der Waals surface area contributed by atoms with Crippen molar-refractivity contribution in [3.8, 4) is 11.4 Å². The highest BCUT2D eigenvalue weighted by atomic mass is 32.1. The van der Waals surface area contributed by atoms with Crippen LogP contribution < -0.4 is 5.32 Å². The number of hydrogen-bond acceptors (Lipinski definition) is 5. The summed E-state index contributed by atoms with van der Waals surface area (Å²) in [5.74, 6) is 1.85. The molecular formula is C17H25N3O2S. The molecule has 126 valence electrons. The molecule has 0 aliphatic carbocycles. The minimum Gasteiger partial charge on any atom is -0.354 e. The Hall–Kier alpha value is -1.69. The molecule has 6 heteroatoms. The Morgan fingerprint density at radius 3 is 2.87 bits per heavy atom. The van der Waals surface area contributed by atoms with Crippen LogP contribution in [0.1, 0.15) is 52.3 Å². The van der Waals surface area contributed by atoms with Gasteiger partial charge in [-0.15, -0.1) is 0 Å². The molecule has 1 N–H and O–H groups in total. The summed E-state index contributed by atoms with van der Waals surface area (Å²) < 4.78 is 5.20. The first-order valence-electron chi connectivity index (χ1n) is 8.19. The lowest BCUT2D eigenvalue weighted by Gasteiger charge is -2.14. The Kier molecular flexibility index (Phi) is 6.77. The van der Waals surface area contributed by atoms with E-state index in [1.165, 1.54) is 6.42 Å². The van der Waals surface area contributed by atoms with Crippen molar-refractivity contribution in [3.05, 3.63) is 22.7 Å². The number of aryl methyl sites for hydroxylation is 1. The number of amides is 1. The van der Waals surface area contributed by atoms with Gasteiger partial charge in [-0.1, -0.05) is 31.8 Å². The zero-order valence-corrected chi connectivity index (χ0v) is 14.9. The van der Waals surface area contributed by atoms with Crippen molar-refractivity contribution in [2.45, 2.75) is 58.9 Å². The molecule has 1 atom stereocenters. The summed E-state index contributed by atoms with van der Waals surface area (Å²) >= 11 is 1.59. The Morgan fingerprint density at radius 2 is 2.17 bits per heavy atom. The van der Waals surface area contributed by atoms with Crippen LogP contribution >= 0.6 is 11.3 Å². The maximum Gasteiger partial charge on any atom is 0.227 e. The second-order valence-electron chi connectivity index (χ2n) is 6.32. The molecule has 0 aromatic carbocycles. The van der Waals surface area contributed by atoms with Crippen molar-refractivity contribution in [3.63, 3.8) is 0 Å². The van der Waals surface area contributed by atoms with Crippen molar-refractivity contribution in [1.29, 1.82) is 0 Å². The van der Waals surface area contributed by atoms with E-state index < -0.39 is 0 Å². The maximum atomic E-state index is 12.0. The molecule has 2 heterocycles. The number of carbonyl (C=O) groups is 1. The van der Waals surface area contributed by atoms with Gasteiger partial charge < -0.3 is 9.84 Å². The van der Waals surface area contributed by atoms with Gasteiger partial charge in [0.15, 0.2) is 0 Å². The second kappa shape index (κ2) is 8.82. The molecule has 0 bridgehead atoms. The second-order valence-corrected chi connectivity index (χ2v) is 7.10. The first-order chi connectivity index (χ1) is 11.0. The third kappa shape index (κ3) is 6.14. The van der Waals surface area contributed by atoms with Crippen molar-refractivity contribution in [1.82, 2.24) is 15.5 Å². The summed E-state index contributed by atoms with van der Waals surface area (Å²) in [5, 5.41) is 10.9. The molecule has 0 saturated heterocycles. The van der Waals surface area contributed by atoms with Crippen molar-refractivity contribution in [2.24, 2.45) is 5.92 Å². The van der Waals surface area contributed by atoms with Gasteiger partial charge in [0.25, 0.3) is 0 Å². The molecule has 1 amide bonds. The molecule has 0 spiro atoms. The SMILES string of the molecule is CC(C)CCCC(C)NC(=O)CCc1nc(-c2ccsc2)no1. The van der Waals surface area contributed by atoms with Crippen molar-refractivity contribution in [2.75, 3.05) is 0 Å².